The number of nitrogens with zero attached hydrogens (tertiary/aromatic N) is 1. The highest BCUT2D eigenvalue weighted by molar-refractivity contribution is 6.74. The molecule has 0 aromatic rings. The van der Waals surface area contributed by atoms with Gasteiger partial charge in [-0.3, -0.25) is 4.90 Å². The first-order chi connectivity index (χ1) is 18.6. The van der Waals surface area contributed by atoms with Crippen LogP contribution in [0.2, 0.25) is 18.1 Å². The van der Waals surface area contributed by atoms with Crippen molar-refractivity contribution in [2.75, 3.05) is 41.0 Å². The molecule has 1 amide bonds. The first-order valence-electron chi connectivity index (χ1n) is 14.8. The van der Waals surface area contributed by atoms with Crippen molar-refractivity contribution in [3.05, 3.63) is 11.6 Å². The zero-order valence-corrected chi connectivity index (χ0v) is 28.2. The predicted octanol–water partition coefficient (Wildman–Crippen LogP) is 6.25. The number of ether oxygens (including phenoxy) is 5. The summed E-state index contributed by atoms with van der Waals surface area (Å²) in [5.74, 6) is 0. The number of hydrogen-bond donors (Lipinski definition) is 1. The Morgan fingerprint density at radius 2 is 1.48 bits per heavy atom. The standard InChI is InChI=1S/C30H59NO8Si/c1-12-13-14-15-16-17-18-31(28(33)39-29(2,3)4)24-19-23(20-38-40(10,11)30(5,6)7)25(32)27(37-22-35-9)26(24)36-21-34-8/h19,24-27,32H,12-18,20-22H2,1-11H3/t24-,25+,26-,27?/m1/s1. The predicted molar refractivity (Wildman–Crippen MR) is 161 cm³/mol. The summed E-state index contributed by atoms with van der Waals surface area (Å²) < 4.78 is 34.9. The second-order valence-corrected chi connectivity index (χ2v) is 18.1. The van der Waals surface area contributed by atoms with E-state index in [1.807, 2.05) is 26.8 Å². The van der Waals surface area contributed by atoms with Crippen molar-refractivity contribution >= 4 is 14.4 Å². The van der Waals surface area contributed by atoms with Gasteiger partial charge in [-0.05, 0) is 50.9 Å². The number of aliphatic hydroxyl groups is 1. The molecule has 0 bridgehead atoms. The Bertz CT molecular complexity index is 762. The van der Waals surface area contributed by atoms with Gasteiger partial charge in [0.1, 0.15) is 37.5 Å². The van der Waals surface area contributed by atoms with Crippen LogP contribution in [0.15, 0.2) is 11.6 Å². The van der Waals surface area contributed by atoms with Crippen LogP contribution >= 0.6 is 0 Å². The zero-order valence-electron chi connectivity index (χ0n) is 27.2. The summed E-state index contributed by atoms with van der Waals surface area (Å²) >= 11 is 0. The van der Waals surface area contributed by atoms with Gasteiger partial charge in [-0.1, -0.05) is 65.9 Å². The lowest BCUT2D eigenvalue weighted by Crippen LogP contribution is -2.59. The van der Waals surface area contributed by atoms with Gasteiger partial charge in [0, 0.05) is 20.8 Å². The highest BCUT2D eigenvalue weighted by Gasteiger charge is 2.46. The number of carbonyl (C=O) groups excluding carboxylic acids is 1. The fraction of sp³-hybridized carbons (Fsp3) is 0.900. The lowest BCUT2D eigenvalue weighted by molar-refractivity contribution is -0.195. The van der Waals surface area contributed by atoms with Crippen molar-refractivity contribution in [3.63, 3.8) is 0 Å². The quantitative estimate of drug-likeness (QED) is 0.0920. The van der Waals surface area contributed by atoms with Crippen molar-refractivity contribution in [1.29, 1.82) is 0 Å². The topological polar surface area (TPSA) is 95.9 Å². The van der Waals surface area contributed by atoms with Gasteiger partial charge in [-0.2, -0.15) is 0 Å². The van der Waals surface area contributed by atoms with Gasteiger partial charge >= 0.3 is 6.09 Å². The molecule has 9 nitrogen and oxygen atoms in total. The second kappa shape index (κ2) is 17.2. The summed E-state index contributed by atoms with van der Waals surface area (Å²) in [6, 6.07) is -0.566. The molecule has 0 aromatic heterocycles. The van der Waals surface area contributed by atoms with Crippen LogP contribution in [-0.4, -0.2) is 95.3 Å². The molecule has 1 aliphatic carbocycles. The van der Waals surface area contributed by atoms with Crippen molar-refractivity contribution < 1.29 is 38.0 Å². The van der Waals surface area contributed by atoms with Crippen molar-refractivity contribution in [3.8, 4) is 0 Å². The first-order valence-corrected chi connectivity index (χ1v) is 17.7. The van der Waals surface area contributed by atoms with E-state index in [1.54, 1.807) is 4.90 Å². The lowest BCUT2D eigenvalue weighted by Gasteiger charge is -2.45. The Kier molecular flexibility index (Phi) is 15.9. The van der Waals surface area contributed by atoms with Gasteiger partial charge in [0.05, 0.1) is 12.6 Å². The van der Waals surface area contributed by atoms with Gasteiger partial charge in [0.2, 0.25) is 0 Å². The van der Waals surface area contributed by atoms with Crippen molar-refractivity contribution in [2.24, 2.45) is 0 Å². The summed E-state index contributed by atoms with van der Waals surface area (Å²) in [6.45, 7) is 19.3. The molecule has 0 aliphatic heterocycles. The van der Waals surface area contributed by atoms with Gasteiger partial charge in [-0.25, -0.2) is 4.79 Å². The molecule has 0 saturated carbocycles. The zero-order chi connectivity index (χ0) is 30.6. The average molecular weight is 590 g/mol. The van der Waals surface area contributed by atoms with Gasteiger partial charge < -0.3 is 33.2 Å². The molecule has 0 saturated heterocycles. The molecule has 10 heteroatoms. The van der Waals surface area contributed by atoms with E-state index >= 15 is 0 Å². The normalized spacial score (nSPS) is 22.2. The molecule has 0 spiro atoms. The maximum Gasteiger partial charge on any atom is 0.410 e. The molecule has 4 atom stereocenters. The smallest absolute Gasteiger partial charge is 0.410 e. The van der Waals surface area contributed by atoms with Gasteiger partial charge in [-0.15, -0.1) is 0 Å². The Labute approximate surface area is 245 Å². The molecular weight excluding hydrogens is 530 g/mol. The third-order valence-corrected chi connectivity index (χ3v) is 12.1. The maximum atomic E-state index is 13.6. The maximum absolute atomic E-state index is 13.6. The van der Waals surface area contributed by atoms with E-state index in [4.69, 9.17) is 28.1 Å². The monoisotopic (exact) mass is 589 g/mol. The van der Waals surface area contributed by atoms with Crippen molar-refractivity contribution in [1.82, 2.24) is 4.90 Å². The molecule has 40 heavy (non-hydrogen) atoms. The summed E-state index contributed by atoms with van der Waals surface area (Å²) in [6.07, 6.45) is 5.47. The Morgan fingerprint density at radius 3 is 2.00 bits per heavy atom. The number of hydrogen-bond acceptors (Lipinski definition) is 8. The van der Waals surface area contributed by atoms with E-state index in [2.05, 4.69) is 40.8 Å². The Balaban J connectivity index is 3.47. The van der Waals surface area contributed by atoms with Crippen LogP contribution in [0.3, 0.4) is 0 Å². The SMILES string of the molecule is CCCCCCCCN(C(=O)OC(C)(C)C)[C@@H]1C=C(CO[Si](C)(C)C(C)(C)C)[C@H](O)C(OCOC)[C@@H]1OCOC. The minimum absolute atomic E-state index is 0.00295. The van der Waals surface area contributed by atoms with E-state index in [0.29, 0.717) is 12.1 Å². The highest BCUT2D eigenvalue weighted by atomic mass is 28.4. The van der Waals surface area contributed by atoms with Crippen LogP contribution in [0, 0.1) is 0 Å². The number of aliphatic hydroxyl groups excluding tert-OH is 1. The molecule has 1 rings (SSSR count). The molecule has 0 fully saturated rings. The van der Waals surface area contributed by atoms with Crippen LogP contribution in [-0.2, 0) is 28.1 Å². The van der Waals surface area contributed by atoms with E-state index in [-0.39, 0.29) is 25.2 Å². The van der Waals surface area contributed by atoms with E-state index in [1.165, 1.54) is 33.5 Å². The third-order valence-electron chi connectivity index (χ3n) is 7.64. The molecule has 1 unspecified atom stereocenters. The van der Waals surface area contributed by atoms with E-state index < -0.39 is 44.4 Å². The highest BCUT2D eigenvalue weighted by Crippen LogP contribution is 2.38. The van der Waals surface area contributed by atoms with E-state index in [9.17, 15) is 9.90 Å². The lowest BCUT2D eigenvalue weighted by atomic mass is 9.87. The number of rotatable bonds is 17. The summed E-state index contributed by atoms with van der Waals surface area (Å²) in [5, 5.41) is 11.5. The van der Waals surface area contributed by atoms with Crippen LogP contribution in [0.4, 0.5) is 4.79 Å². The summed E-state index contributed by atoms with van der Waals surface area (Å²) in [7, 11) is 0.948. The fourth-order valence-corrected chi connectivity index (χ4v) is 5.26. The largest absolute Gasteiger partial charge is 0.444 e. The number of unbranched alkanes of at least 4 members (excludes halogenated alkanes) is 5. The molecule has 0 radical (unpaired) electrons. The molecule has 1 N–H and O–H groups in total. The van der Waals surface area contributed by atoms with Gasteiger partial charge in [0.15, 0.2) is 8.32 Å². The Hall–Kier alpha value is -1.01. The molecule has 1 aliphatic rings. The minimum Gasteiger partial charge on any atom is -0.444 e. The minimum atomic E-state index is -2.12. The Morgan fingerprint density at radius 1 is 0.925 bits per heavy atom. The summed E-state index contributed by atoms with van der Waals surface area (Å²) in [4.78, 5) is 15.4. The van der Waals surface area contributed by atoms with Crippen LogP contribution in [0.5, 0.6) is 0 Å². The fourth-order valence-electron chi connectivity index (χ4n) is 4.30. The molecular formula is C30H59NO8Si. The van der Waals surface area contributed by atoms with Gasteiger partial charge in [0.25, 0.3) is 0 Å². The number of methoxy groups -OCH3 is 2. The average Bonchev–Trinajstić information content (AvgIpc) is 2.84. The van der Waals surface area contributed by atoms with Crippen LogP contribution in [0.25, 0.3) is 0 Å². The summed E-state index contributed by atoms with van der Waals surface area (Å²) in [5.41, 5.74) is -0.0121. The van der Waals surface area contributed by atoms with E-state index in [0.717, 1.165) is 19.3 Å². The molecule has 0 heterocycles. The van der Waals surface area contributed by atoms with Crippen LogP contribution < -0.4 is 0 Å². The van der Waals surface area contributed by atoms with Crippen molar-refractivity contribution in [2.45, 2.75) is 135 Å². The first kappa shape index (κ1) is 37.0. The number of amides is 1. The molecule has 0 aromatic carbocycles. The number of carbonyl (C=O) groups is 1. The van der Waals surface area contributed by atoms with Crippen LogP contribution in [0.1, 0.15) is 87.0 Å². The third kappa shape index (κ3) is 12.1. The second-order valence-electron chi connectivity index (χ2n) is 13.2. The molecule has 236 valence electrons.